The highest BCUT2D eigenvalue weighted by molar-refractivity contribution is 5.82. The molecule has 2 aliphatic rings. The highest BCUT2D eigenvalue weighted by Crippen LogP contribution is 2.30. The lowest BCUT2D eigenvalue weighted by Gasteiger charge is -2.45. The Morgan fingerprint density at radius 2 is 2.18 bits per heavy atom. The monoisotopic (exact) mass is 239 g/mol. The molecule has 0 aromatic carbocycles. The summed E-state index contributed by atoms with van der Waals surface area (Å²) in [7, 11) is 0. The molecule has 4 heteroatoms. The summed E-state index contributed by atoms with van der Waals surface area (Å²) < 4.78 is 0. The Morgan fingerprint density at radius 3 is 2.88 bits per heavy atom. The summed E-state index contributed by atoms with van der Waals surface area (Å²) in [6.07, 6.45) is 5.94. The molecule has 1 saturated carbocycles. The van der Waals surface area contributed by atoms with E-state index in [1.54, 1.807) is 0 Å². The van der Waals surface area contributed by atoms with E-state index in [1.807, 2.05) is 0 Å². The molecule has 17 heavy (non-hydrogen) atoms. The van der Waals surface area contributed by atoms with E-state index in [1.165, 1.54) is 25.7 Å². The van der Waals surface area contributed by atoms with Crippen LogP contribution in [0.1, 0.15) is 39.0 Å². The van der Waals surface area contributed by atoms with Crippen LogP contribution in [0.4, 0.5) is 0 Å². The first-order valence-corrected chi connectivity index (χ1v) is 7.01. The number of carbonyl (C=O) groups is 1. The number of rotatable bonds is 3. The molecule has 1 aliphatic heterocycles. The van der Waals surface area contributed by atoms with Crippen LogP contribution < -0.4 is 11.1 Å². The Labute approximate surface area is 104 Å². The molecule has 2 rings (SSSR count). The van der Waals surface area contributed by atoms with Crippen molar-refractivity contribution in [1.82, 2.24) is 10.2 Å². The van der Waals surface area contributed by atoms with Crippen LogP contribution >= 0.6 is 0 Å². The topological polar surface area (TPSA) is 58.4 Å². The standard InChI is InChI=1S/C13H25N3O/c1-2-11-13(17)15-7-8-16(11)12-6-4-3-5-10(12)9-14/h10-12H,2-9,14H2,1H3,(H,15,17). The summed E-state index contributed by atoms with van der Waals surface area (Å²) in [5.74, 6) is 0.795. The number of nitrogens with zero attached hydrogens (tertiary/aromatic N) is 1. The average molecular weight is 239 g/mol. The zero-order valence-corrected chi connectivity index (χ0v) is 10.8. The molecule has 1 amide bonds. The summed E-state index contributed by atoms with van der Waals surface area (Å²) in [6, 6.07) is 0.602. The van der Waals surface area contributed by atoms with Crippen LogP contribution in [-0.4, -0.2) is 42.5 Å². The van der Waals surface area contributed by atoms with E-state index in [0.717, 1.165) is 26.1 Å². The van der Waals surface area contributed by atoms with E-state index in [9.17, 15) is 4.79 Å². The first-order chi connectivity index (χ1) is 8.27. The first-order valence-electron chi connectivity index (χ1n) is 7.01. The van der Waals surface area contributed by atoms with E-state index >= 15 is 0 Å². The number of nitrogens with one attached hydrogen (secondary N) is 1. The Balaban J connectivity index is 2.09. The van der Waals surface area contributed by atoms with Gasteiger partial charge >= 0.3 is 0 Å². The van der Waals surface area contributed by atoms with Crippen LogP contribution in [0.5, 0.6) is 0 Å². The van der Waals surface area contributed by atoms with Crippen LogP contribution in [0.3, 0.4) is 0 Å². The third-order valence-electron chi connectivity index (χ3n) is 4.36. The zero-order valence-electron chi connectivity index (χ0n) is 10.8. The maximum atomic E-state index is 11.9. The summed E-state index contributed by atoms with van der Waals surface area (Å²) in [6.45, 7) is 4.65. The highest BCUT2D eigenvalue weighted by Gasteiger charge is 2.37. The third-order valence-corrected chi connectivity index (χ3v) is 4.36. The molecule has 1 aliphatic carbocycles. The van der Waals surface area contributed by atoms with Gasteiger partial charge in [-0.1, -0.05) is 19.8 Å². The fourth-order valence-electron chi connectivity index (χ4n) is 3.45. The van der Waals surface area contributed by atoms with Crippen molar-refractivity contribution in [3.05, 3.63) is 0 Å². The zero-order chi connectivity index (χ0) is 12.3. The molecule has 0 aromatic rings. The van der Waals surface area contributed by atoms with Crippen LogP contribution in [-0.2, 0) is 4.79 Å². The molecular weight excluding hydrogens is 214 g/mol. The average Bonchev–Trinajstić information content (AvgIpc) is 2.38. The van der Waals surface area contributed by atoms with E-state index in [2.05, 4.69) is 17.1 Å². The minimum Gasteiger partial charge on any atom is -0.353 e. The number of amides is 1. The van der Waals surface area contributed by atoms with Crippen molar-refractivity contribution in [2.45, 2.75) is 51.1 Å². The van der Waals surface area contributed by atoms with E-state index < -0.39 is 0 Å². The summed E-state index contributed by atoms with van der Waals surface area (Å²) in [5, 5.41) is 2.97. The molecule has 0 bridgehead atoms. The van der Waals surface area contributed by atoms with Gasteiger partial charge in [-0.25, -0.2) is 0 Å². The van der Waals surface area contributed by atoms with Crippen molar-refractivity contribution >= 4 is 5.91 Å². The van der Waals surface area contributed by atoms with Gasteiger partial charge in [0.05, 0.1) is 6.04 Å². The van der Waals surface area contributed by atoms with Gasteiger partial charge in [-0.05, 0) is 31.7 Å². The molecule has 98 valence electrons. The fraction of sp³-hybridized carbons (Fsp3) is 0.923. The third kappa shape index (κ3) is 2.63. The van der Waals surface area contributed by atoms with Crippen molar-refractivity contribution in [2.24, 2.45) is 11.7 Å². The van der Waals surface area contributed by atoms with E-state index in [-0.39, 0.29) is 11.9 Å². The number of nitrogens with two attached hydrogens (primary N) is 1. The lowest BCUT2D eigenvalue weighted by Crippen LogP contribution is -2.60. The second-order valence-electron chi connectivity index (χ2n) is 5.30. The van der Waals surface area contributed by atoms with Gasteiger partial charge in [-0.2, -0.15) is 0 Å². The van der Waals surface area contributed by atoms with Crippen molar-refractivity contribution in [3.63, 3.8) is 0 Å². The minimum atomic E-state index is 0.0703. The lowest BCUT2D eigenvalue weighted by molar-refractivity contribution is -0.131. The van der Waals surface area contributed by atoms with Gasteiger partial charge in [0.15, 0.2) is 0 Å². The van der Waals surface area contributed by atoms with Crippen LogP contribution in [0.2, 0.25) is 0 Å². The second kappa shape index (κ2) is 5.83. The Morgan fingerprint density at radius 1 is 1.41 bits per heavy atom. The Bertz CT molecular complexity index is 269. The smallest absolute Gasteiger partial charge is 0.237 e. The molecule has 3 unspecified atom stereocenters. The molecule has 0 radical (unpaired) electrons. The van der Waals surface area contributed by atoms with Crippen molar-refractivity contribution < 1.29 is 4.79 Å². The van der Waals surface area contributed by atoms with Gasteiger partial charge in [-0.15, -0.1) is 0 Å². The van der Waals surface area contributed by atoms with Crippen molar-refractivity contribution in [1.29, 1.82) is 0 Å². The number of hydrogen-bond acceptors (Lipinski definition) is 3. The molecule has 1 heterocycles. The number of piperazine rings is 1. The Kier molecular flexibility index (Phi) is 4.40. The van der Waals surface area contributed by atoms with Crippen LogP contribution in [0.15, 0.2) is 0 Å². The molecule has 4 nitrogen and oxygen atoms in total. The van der Waals surface area contributed by atoms with Gasteiger partial charge in [0.2, 0.25) is 5.91 Å². The van der Waals surface area contributed by atoms with Gasteiger partial charge in [0, 0.05) is 19.1 Å². The summed E-state index contributed by atoms with van der Waals surface area (Å²) in [4.78, 5) is 14.3. The number of carbonyl (C=O) groups excluding carboxylic acids is 1. The van der Waals surface area contributed by atoms with E-state index in [4.69, 9.17) is 5.73 Å². The molecule has 0 spiro atoms. The summed E-state index contributed by atoms with van der Waals surface area (Å²) >= 11 is 0. The lowest BCUT2D eigenvalue weighted by atomic mass is 9.82. The predicted molar refractivity (Wildman–Crippen MR) is 68.6 cm³/mol. The van der Waals surface area contributed by atoms with E-state index in [0.29, 0.717) is 12.0 Å². The SMILES string of the molecule is CCC1C(=O)NCCN1C1CCCCC1CN. The summed E-state index contributed by atoms with van der Waals surface area (Å²) in [5.41, 5.74) is 5.89. The fourth-order valence-corrected chi connectivity index (χ4v) is 3.45. The van der Waals surface area contributed by atoms with Gasteiger partial charge < -0.3 is 11.1 Å². The maximum Gasteiger partial charge on any atom is 0.237 e. The molecule has 3 N–H and O–H groups in total. The van der Waals surface area contributed by atoms with Crippen molar-refractivity contribution in [2.75, 3.05) is 19.6 Å². The first kappa shape index (κ1) is 12.8. The van der Waals surface area contributed by atoms with Gasteiger partial charge in [-0.3, -0.25) is 9.69 Å². The Hall–Kier alpha value is -0.610. The largest absolute Gasteiger partial charge is 0.353 e. The number of hydrogen-bond donors (Lipinski definition) is 2. The van der Waals surface area contributed by atoms with Crippen LogP contribution in [0, 0.1) is 5.92 Å². The van der Waals surface area contributed by atoms with Crippen molar-refractivity contribution in [3.8, 4) is 0 Å². The normalized spacial score (nSPS) is 35.6. The second-order valence-corrected chi connectivity index (χ2v) is 5.30. The predicted octanol–water partition coefficient (Wildman–Crippen LogP) is 0.714. The van der Waals surface area contributed by atoms with Crippen LogP contribution in [0.25, 0.3) is 0 Å². The molecule has 2 fully saturated rings. The van der Waals surface area contributed by atoms with Gasteiger partial charge in [0.25, 0.3) is 0 Å². The molecular formula is C13H25N3O. The van der Waals surface area contributed by atoms with Gasteiger partial charge in [0.1, 0.15) is 0 Å². The molecule has 0 aromatic heterocycles. The molecule has 1 saturated heterocycles. The highest BCUT2D eigenvalue weighted by atomic mass is 16.2. The molecule has 3 atom stereocenters. The maximum absolute atomic E-state index is 11.9. The quantitative estimate of drug-likeness (QED) is 0.763. The minimum absolute atomic E-state index is 0.0703.